The molecule has 4 rings (SSSR count). The van der Waals surface area contributed by atoms with Crippen molar-refractivity contribution < 1.29 is 40.7 Å². The monoisotopic (exact) mass is 669 g/mol. The number of hydrogen-bond donors (Lipinski definition) is 0. The van der Waals surface area contributed by atoms with E-state index < -0.39 is 40.5 Å². The number of likely N-dealkylation sites (tertiary alicyclic amines) is 1. The summed E-state index contributed by atoms with van der Waals surface area (Å²) < 4.78 is 88.7. The van der Waals surface area contributed by atoms with Gasteiger partial charge in [-0.2, -0.15) is 26.3 Å². The molecule has 2 aromatic rings. The highest BCUT2D eigenvalue weighted by Gasteiger charge is 2.43. The lowest BCUT2D eigenvalue weighted by Gasteiger charge is -2.50. The number of ether oxygens (including phenoxy) is 1. The number of hydrogen-bond acceptors (Lipinski definition) is 4. The first-order valence-electron chi connectivity index (χ1n) is 16.0. The molecule has 2 fully saturated rings. The Kier molecular flexibility index (Phi) is 10.6. The number of piperidine rings is 1. The molecule has 0 N–H and O–H groups in total. The van der Waals surface area contributed by atoms with Crippen LogP contribution in [-0.2, 0) is 21.9 Å². The number of carbonyl (C=O) groups excluding carboxylic acids is 2. The Bertz CT molecular complexity index is 1360. The highest BCUT2D eigenvalue weighted by molar-refractivity contribution is 5.77. The van der Waals surface area contributed by atoms with E-state index in [-0.39, 0.29) is 55.2 Å². The molecule has 0 radical (unpaired) electrons. The van der Waals surface area contributed by atoms with Crippen LogP contribution in [0.1, 0.15) is 89.1 Å². The molecule has 2 aliphatic heterocycles. The second-order valence-electron chi connectivity index (χ2n) is 14.7. The Balaban J connectivity index is 1.58. The number of alkyl halides is 6. The van der Waals surface area contributed by atoms with E-state index in [1.54, 1.807) is 35.2 Å². The van der Waals surface area contributed by atoms with Gasteiger partial charge in [-0.25, -0.2) is 4.79 Å². The zero-order valence-corrected chi connectivity index (χ0v) is 27.8. The van der Waals surface area contributed by atoms with Crippen molar-refractivity contribution in [2.75, 3.05) is 32.7 Å². The van der Waals surface area contributed by atoms with Crippen molar-refractivity contribution in [1.82, 2.24) is 14.7 Å². The van der Waals surface area contributed by atoms with Crippen LogP contribution < -0.4 is 0 Å². The van der Waals surface area contributed by atoms with E-state index >= 15 is 0 Å². The summed E-state index contributed by atoms with van der Waals surface area (Å²) in [6.45, 7) is 13.1. The van der Waals surface area contributed by atoms with Crippen molar-refractivity contribution >= 4 is 12.0 Å². The first kappa shape index (κ1) is 36.6. The largest absolute Gasteiger partial charge is 0.444 e. The molecule has 2 aliphatic rings. The van der Waals surface area contributed by atoms with Crippen molar-refractivity contribution in [1.29, 1.82) is 0 Å². The molecule has 0 unspecified atom stereocenters. The number of amides is 2. The van der Waals surface area contributed by atoms with Crippen LogP contribution in [0, 0.1) is 11.3 Å². The van der Waals surface area contributed by atoms with Gasteiger partial charge >= 0.3 is 18.4 Å². The fourth-order valence-corrected chi connectivity index (χ4v) is 6.47. The van der Waals surface area contributed by atoms with Crippen LogP contribution in [0.5, 0.6) is 0 Å². The number of piperazine rings is 1. The molecule has 2 aromatic carbocycles. The van der Waals surface area contributed by atoms with Crippen LogP contribution in [0.4, 0.5) is 31.1 Å². The van der Waals surface area contributed by atoms with E-state index in [0.717, 1.165) is 12.1 Å². The van der Waals surface area contributed by atoms with E-state index in [1.165, 1.54) is 0 Å². The predicted octanol–water partition coefficient (Wildman–Crippen LogP) is 8.41. The Morgan fingerprint density at radius 1 is 0.787 bits per heavy atom. The van der Waals surface area contributed by atoms with Crippen molar-refractivity contribution in [2.45, 2.75) is 90.8 Å². The Labute approximate surface area is 273 Å². The molecule has 0 aliphatic carbocycles. The summed E-state index contributed by atoms with van der Waals surface area (Å²) in [6, 6.07) is 9.05. The lowest BCUT2D eigenvalue weighted by atomic mass is 9.82. The Morgan fingerprint density at radius 2 is 1.34 bits per heavy atom. The molecule has 47 heavy (non-hydrogen) atoms. The molecule has 2 saturated heterocycles. The number of nitrogens with zero attached hydrogens (tertiary/aromatic N) is 3. The van der Waals surface area contributed by atoms with Crippen LogP contribution in [-0.4, -0.2) is 71.1 Å². The van der Waals surface area contributed by atoms with E-state index in [1.807, 2.05) is 51.3 Å². The summed E-state index contributed by atoms with van der Waals surface area (Å²) in [7, 11) is 0. The third-order valence-corrected chi connectivity index (χ3v) is 8.87. The molecule has 2 atom stereocenters. The van der Waals surface area contributed by atoms with Gasteiger partial charge in [-0.05, 0) is 74.3 Å². The van der Waals surface area contributed by atoms with Crippen molar-refractivity contribution in [3.05, 3.63) is 70.8 Å². The van der Waals surface area contributed by atoms with Gasteiger partial charge in [-0.3, -0.25) is 9.69 Å². The second kappa shape index (κ2) is 13.7. The van der Waals surface area contributed by atoms with Gasteiger partial charge in [0.15, 0.2) is 0 Å². The van der Waals surface area contributed by atoms with Crippen LogP contribution in [0.15, 0.2) is 48.5 Å². The van der Waals surface area contributed by atoms with E-state index in [2.05, 4.69) is 0 Å². The first-order valence-corrected chi connectivity index (χ1v) is 16.0. The molecule has 0 aromatic heterocycles. The van der Waals surface area contributed by atoms with Gasteiger partial charge in [0, 0.05) is 45.2 Å². The van der Waals surface area contributed by atoms with Crippen LogP contribution in [0.2, 0.25) is 0 Å². The minimum absolute atomic E-state index is 0.0463. The SMILES string of the molecule is CC(C)(C)OC(=O)N1CCC(CC(=O)N2CCN([C@H](c3ccccc3)c3cc(C(F)(F)F)cc(C(F)(F)F)c3)C[C@@H]2C(C)(C)C)CC1. The Hall–Kier alpha value is -3.28. The average Bonchev–Trinajstić information content (AvgIpc) is 2.96. The van der Waals surface area contributed by atoms with Gasteiger partial charge in [0.05, 0.1) is 17.2 Å². The topological polar surface area (TPSA) is 53.1 Å². The molecule has 0 spiro atoms. The molecule has 6 nitrogen and oxygen atoms in total. The van der Waals surface area contributed by atoms with Crippen molar-refractivity contribution in [3.8, 4) is 0 Å². The lowest BCUT2D eigenvalue weighted by Crippen LogP contribution is -2.60. The summed E-state index contributed by atoms with van der Waals surface area (Å²) in [4.78, 5) is 31.7. The smallest absolute Gasteiger partial charge is 0.416 e. The minimum atomic E-state index is -4.97. The maximum absolute atomic E-state index is 13.9. The maximum Gasteiger partial charge on any atom is 0.416 e. The van der Waals surface area contributed by atoms with Gasteiger partial charge in [-0.15, -0.1) is 0 Å². The van der Waals surface area contributed by atoms with Crippen LogP contribution in [0.25, 0.3) is 0 Å². The van der Waals surface area contributed by atoms with Crippen LogP contribution in [0.3, 0.4) is 0 Å². The van der Waals surface area contributed by atoms with Gasteiger partial charge in [0.25, 0.3) is 0 Å². The summed E-state index contributed by atoms with van der Waals surface area (Å²) >= 11 is 0. The summed E-state index contributed by atoms with van der Waals surface area (Å²) in [6.07, 6.45) is -8.73. The van der Waals surface area contributed by atoms with Crippen LogP contribution >= 0.6 is 0 Å². The van der Waals surface area contributed by atoms with E-state index in [9.17, 15) is 35.9 Å². The fraction of sp³-hybridized carbons (Fsp3) is 0.600. The fourth-order valence-electron chi connectivity index (χ4n) is 6.47. The van der Waals surface area contributed by atoms with E-state index in [0.29, 0.717) is 37.9 Å². The van der Waals surface area contributed by atoms with Gasteiger partial charge in [-0.1, -0.05) is 51.1 Å². The lowest BCUT2D eigenvalue weighted by molar-refractivity contribution is -0.144. The minimum Gasteiger partial charge on any atom is -0.444 e. The number of carbonyl (C=O) groups is 2. The average molecular weight is 670 g/mol. The third kappa shape index (κ3) is 9.42. The number of benzene rings is 2. The molecule has 260 valence electrons. The summed E-state index contributed by atoms with van der Waals surface area (Å²) in [5.74, 6) is 0.0257. The highest BCUT2D eigenvalue weighted by atomic mass is 19.4. The molecular weight excluding hydrogens is 624 g/mol. The quantitative estimate of drug-likeness (QED) is 0.300. The molecule has 2 heterocycles. The second-order valence-corrected chi connectivity index (χ2v) is 14.7. The van der Waals surface area contributed by atoms with Gasteiger partial charge < -0.3 is 14.5 Å². The molecule has 12 heteroatoms. The molecule has 0 saturated carbocycles. The number of rotatable bonds is 5. The molecule has 2 amide bonds. The molecule has 0 bridgehead atoms. The normalized spacial score (nSPS) is 19.9. The number of halogens is 6. The Morgan fingerprint density at radius 3 is 1.83 bits per heavy atom. The standard InChI is InChI=1S/C35H45F6N3O3/c1-32(2,3)28-22-43(16-17-44(28)29(45)18-23-12-14-42(15-13-23)31(46)47-33(4,5)6)30(24-10-8-7-9-11-24)25-19-26(34(36,37)38)21-27(20-25)35(39,40)41/h7-11,19-21,23,28,30H,12-18,22H2,1-6H3/t28-,30-/m1/s1. The third-order valence-electron chi connectivity index (χ3n) is 8.87. The van der Waals surface area contributed by atoms with Crippen molar-refractivity contribution in [2.24, 2.45) is 11.3 Å². The first-order chi connectivity index (χ1) is 21.6. The zero-order valence-electron chi connectivity index (χ0n) is 27.8. The van der Waals surface area contributed by atoms with Gasteiger partial charge in [0.1, 0.15) is 5.60 Å². The zero-order chi connectivity index (χ0) is 34.9. The van der Waals surface area contributed by atoms with Crippen molar-refractivity contribution in [3.63, 3.8) is 0 Å². The molecular formula is C35H45F6N3O3. The highest BCUT2D eigenvalue weighted by Crippen LogP contribution is 2.41. The summed E-state index contributed by atoms with van der Waals surface area (Å²) in [5, 5.41) is 0. The predicted molar refractivity (Wildman–Crippen MR) is 166 cm³/mol. The summed E-state index contributed by atoms with van der Waals surface area (Å²) in [5.41, 5.74) is -3.31. The maximum atomic E-state index is 13.9. The van der Waals surface area contributed by atoms with Gasteiger partial charge in [0.2, 0.25) is 5.91 Å². The van der Waals surface area contributed by atoms with E-state index in [4.69, 9.17) is 4.74 Å².